The monoisotopic (exact) mass is 280 g/mol. The standard InChI is InChI=1S/C17H29FN2/c1-4-20(17-10-8-9-16(18)13-17)12-7-5-6-11-19-14-15(2)3/h8-10,13,15,19H,4-7,11-12,14H2,1-3H3. The lowest BCUT2D eigenvalue weighted by Crippen LogP contribution is -2.24. The number of nitrogens with one attached hydrogen (secondary N) is 1. The highest BCUT2D eigenvalue weighted by Crippen LogP contribution is 2.16. The highest BCUT2D eigenvalue weighted by molar-refractivity contribution is 5.46. The Kier molecular flexibility index (Phi) is 8.28. The Morgan fingerprint density at radius 2 is 2.00 bits per heavy atom. The Morgan fingerprint density at radius 1 is 1.20 bits per heavy atom. The maximum Gasteiger partial charge on any atom is 0.125 e. The molecule has 0 aliphatic rings. The second kappa shape index (κ2) is 9.76. The van der Waals surface area contributed by atoms with Gasteiger partial charge in [0.05, 0.1) is 0 Å². The fraction of sp³-hybridized carbons (Fsp3) is 0.647. The summed E-state index contributed by atoms with van der Waals surface area (Å²) in [5.74, 6) is 0.567. The van der Waals surface area contributed by atoms with Gasteiger partial charge < -0.3 is 10.2 Å². The van der Waals surface area contributed by atoms with Crippen LogP contribution in [0, 0.1) is 11.7 Å². The van der Waals surface area contributed by atoms with Crippen molar-refractivity contribution in [1.82, 2.24) is 5.32 Å². The van der Waals surface area contributed by atoms with Gasteiger partial charge in [0.15, 0.2) is 0 Å². The lowest BCUT2D eigenvalue weighted by Gasteiger charge is -2.23. The summed E-state index contributed by atoms with van der Waals surface area (Å²) in [5.41, 5.74) is 0.991. The molecular weight excluding hydrogens is 251 g/mol. The fourth-order valence-electron chi connectivity index (χ4n) is 2.26. The molecule has 0 amide bonds. The van der Waals surface area contributed by atoms with Gasteiger partial charge in [-0.05, 0) is 57.0 Å². The van der Waals surface area contributed by atoms with Crippen molar-refractivity contribution in [2.45, 2.75) is 40.0 Å². The first-order valence-corrected chi connectivity index (χ1v) is 7.84. The van der Waals surface area contributed by atoms with Gasteiger partial charge in [0, 0.05) is 18.8 Å². The van der Waals surface area contributed by atoms with Crippen LogP contribution < -0.4 is 10.2 Å². The summed E-state index contributed by atoms with van der Waals surface area (Å²) in [6.07, 6.45) is 3.60. The third-order valence-corrected chi connectivity index (χ3v) is 3.39. The van der Waals surface area contributed by atoms with Gasteiger partial charge in [-0.1, -0.05) is 26.3 Å². The van der Waals surface area contributed by atoms with Crippen LogP contribution in [0.4, 0.5) is 10.1 Å². The van der Waals surface area contributed by atoms with Crippen molar-refractivity contribution >= 4 is 5.69 Å². The van der Waals surface area contributed by atoms with E-state index in [9.17, 15) is 4.39 Å². The number of unbranched alkanes of at least 4 members (excludes halogenated alkanes) is 2. The first-order valence-electron chi connectivity index (χ1n) is 7.84. The Hall–Kier alpha value is -1.09. The van der Waals surface area contributed by atoms with Crippen molar-refractivity contribution in [2.75, 3.05) is 31.1 Å². The molecule has 2 nitrogen and oxygen atoms in total. The summed E-state index contributed by atoms with van der Waals surface area (Å²) < 4.78 is 13.2. The van der Waals surface area contributed by atoms with Crippen LogP contribution in [-0.2, 0) is 0 Å². The summed E-state index contributed by atoms with van der Waals surface area (Å²) in [5, 5.41) is 3.46. The van der Waals surface area contributed by atoms with Crippen molar-refractivity contribution in [2.24, 2.45) is 5.92 Å². The minimum Gasteiger partial charge on any atom is -0.372 e. The number of hydrogen-bond donors (Lipinski definition) is 1. The summed E-state index contributed by atoms with van der Waals surface area (Å²) in [6.45, 7) is 10.7. The van der Waals surface area contributed by atoms with E-state index in [4.69, 9.17) is 0 Å². The van der Waals surface area contributed by atoms with Gasteiger partial charge in [-0.3, -0.25) is 0 Å². The zero-order valence-electron chi connectivity index (χ0n) is 13.2. The average molecular weight is 280 g/mol. The number of nitrogens with zero attached hydrogens (tertiary/aromatic N) is 1. The van der Waals surface area contributed by atoms with Crippen LogP contribution in [0.15, 0.2) is 24.3 Å². The summed E-state index contributed by atoms with van der Waals surface area (Å²) >= 11 is 0. The molecule has 1 rings (SSSR count). The molecule has 1 aromatic carbocycles. The van der Waals surface area contributed by atoms with E-state index in [2.05, 4.69) is 31.0 Å². The zero-order chi connectivity index (χ0) is 14.8. The van der Waals surface area contributed by atoms with Crippen LogP contribution >= 0.6 is 0 Å². The molecule has 0 atom stereocenters. The maximum absolute atomic E-state index is 13.2. The molecule has 0 spiro atoms. The summed E-state index contributed by atoms with van der Waals surface area (Å²) in [4.78, 5) is 2.24. The maximum atomic E-state index is 13.2. The highest BCUT2D eigenvalue weighted by Gasteiger charge is 2.04. The molecule has 20 heavy (non-hydrogen) atoms. The van der Waals surface area contributed by atoms with E-state index in [1.807, 2.05) is 6.07 Å². The van der Waals surface area contributed by atoms with Crippen LogP contribution in [0.3, 0.4) is 0 Å². The fourth-order valence-corrected chi connectivity index (χ4v) is 2.26. The van der Waals surface area contributed by atoms with Gasteiger partial charge in [-0.2, -0.15) is 0 Å². The first kappa shape index (κ1) is 17.0. The minimum absolute atomic E-state index is 0.154. The predicted octanol–water partition coefficient (Wildman–Crippen LogP) is 4.07. The second-order valence-electron chi connectivity index (χ2n) is 5.72. The number of benzene rings is 1. The van der Waals surface area contributed by atoms with Gasteiger partial charge in [0.1, 0.15) is 5.82 Å². The van der Waals surface area contributed by atoms with Crippen molar-refractivity contribution in [3.63, 3.8) is 0 Å². The average Bonchev–Trinajstić information content (AvgIpc) is 2.41. The molecule has 0 fully saturated rings. The summed E-state index contributed by atoms with van der Waals surface area (Å²) in [6, 6.07) is 6.88. The SMILES string of the molecule is CCN(CCCCCNCC(C)C)c1cccc(F)c1. The van der Waals surface area contributed by atoms with Crippen LogP contribution in [0.1, 0.15) is 40.0 Å². The van der Waals surface area contributed by atoms with Crippen LogP contribution in [0.25, 0.3) is 0 Å². The molecule has 0 unspecified atom stereocenters. The van der Waals surface area contributed by atoms with Crippen LogP contribution in [0.5, 0.6) is 0 Å². The highest BCUT2D eigenvalue weighted by atomic mass is 19.1. The largest absolute Gasteiger partial charge is 0.372 e. The van der Waals surface area contributed by atoms with E-state index in [1.165, 1.54) is 18.9 Å². The van der Waals surface area contributed by atoms with Crippen molar-refractivity contribution in [1.29, 1.82) is 0 Å². The molecule has 0 aliphatic carbocycles. The summed E-state index contributed by atoms with van der Waals surface area (Å²) in [7, 11) is 0. The Morgan fingerprint density at radius 3 is 2.65 bits per heavy atom. The van der Waals surface area contributed by atoms with Gasteiger partial charge in [0.2, 0.25) is 0 Å². The Balaban J connectivity index is 2.19. The molecule has 0 saturated heterocycles. The van der Waals surface area contributed by atoms with E-state index < -0.39 is 0 Å². The molecule has 1 N–H and O–H groups in total. The molecule has 3 heteroatoms. The quantitative estimate of drug-likeness (QED) is 0.650. The molecule has 0 heterocycles. The van der Waals surface area contributed by atoms with E-state index >= 15 is 0 Å². The van der Waals surface area contributed by atoms with Gasteiger partial charge in [0.25, 0.3) is 0 Å². The van der Waals surface area contributed by atoms with Crippen LogP contribution in [-0.4, -0.2) is 26.2 Å². The van der Waals surface area contributed by atoms with E-state index in [1.54, 1.807) is 12.1 Å². The van der Waals surface area contributed by atoms with Crippen molar-refractivity contribution in [3.05, 3.63) is 30.1 Å². The number of halogens is 1. The minimum atomic E-state index is -0.154. The molecule has 0 radical (unpaired) electrons. The molecule has 1 aromatic rings. The number of rotatable bonds is 10. The molecule has 114 valence electrons. The third kappa shape index (κ3) is 6.90. The Bertz CT molecular complexity index is 366. The Labute approximate surface area is 123 Å². The molecule has 0 saturated carbocycles. The third-order valence-electron chi connectivity index (χ3n) is 3.39. The van der Waals surface area contributed by atoms with E-state index in [0.29, 0.717) is 0 Å². The van der Waals surface area contributed by atoms with Crippen molar-refractivity contribution < 1.29 is 4.39 Å². The normalized spacial score (nSPS) is 11.1. The topological polar surface area (TPSA) is 15.3 Å². The zero-order valence-corrected chi connectivity index (χ0v) is 13.2. The van der Waals surface area contributed by atoms with Gasteiger partial charge in [-0.25, -0.2) is 4.39 Å². The molecule has 0 aromatic heterocycles. The van der Waals surface area contributed by atoms with Gasteiger partial charge in [-0.15, -0.1) is 0 Å². The second-order valence-corrected chi connectivity index (χ2v) is 5.72. The van der Waals surface area contributed by atoms with Gasteiger partial charge >= 0.3 is 0 Å². The van der Waals surface area contributed by atoms with Crippen LogP contribution in [0.2, 0.25) is 0 Å². The lowest BCUT2D eigenvalue weighted by molar-refractivity contribution is 0.529. The van der Waals surface area contributed by atoms with E-state index in [-0.39, 0.29) is 5.82 Å². The molecular formula is C17H29FN2. The number of hydrogen-bond acceptors (Lipinski definition) is 2. The van der Waals surface area contributed by atoms with Crippen molar-refractivity contribution in [3.8, 4) is 0 Å². The number of anilines is 1. The lowest BCUT2D eigenvalue weighted by atomic mass is 10.2. The molecule has 0 aliphatic heterocycles. The van der Waals surface area contributed by atoms with E-state index in [0.717, 1.165) is 44.2 Å². The molecule has 0 bridgehead atoms. The predicted molar refractivity (Wildman–Crippen MR) is 85.8 cm³/mol. The smallest absolute Gasteiger partial charge is 0.125 e. The first-order chi connectivity index (χ1) is 9.63.